The molecule has 1 amide bonds. The van der Waals surface area contributed by atoms with Crippen molar-refractivity contribution in [2.45, 2.75) is 26.8 Å². The molecule has 9 heteroatoms. The Bertz CT molecular complexity index is 881. The minimum Gasteiger partial charge on any atom is -0.398 e. The molecule has 0 bridgehead atoms. The Labute approximate surface area is 162 Å². The number of halogens is 1. The highest BCUT2D eigenvalue weighted by Gasteiger charge is 2.15. The van der Waals surface area contributed by atoms with Crippen LogP contribution in [0.15, 0.2) is 58.3 Å². The highest BCUT2D eigenvalue weighted by molar-refractivity contribution is 6.32. The summed E-state index contributed by atoms with van der Waals surface area (Å²) in [6.45, 7) is 3.81. The van der Waals surface area contributed by atoms with E-state index in [1.165, 1.54) is 17.2 Å². The number of nitrogen functional groups attached to an aromatic ring is 1. The fourth-order valence-corrected chi connectivity index (χ4v) is 2.36. The number of allylic oxidation sites excluding steroid dienone is 2. The fraction of sp³-hybridized carbons (Fsp3) is 0.222. The van der Waals surface area contributed by atoms with Crippen LogP contribution in [-0.4, -0.2) is 26.7 Å². The van der Waals surface area contributed by atoms with Gasteiger partial charge in [-0.2, -0.15) is 10.2 Å². The number of amidine groups is 1. The molecule has 142 valence electrons. The first kappa shape index (κ1) is 20.2. The van der Waals surface area contributed by atoms with Gasteiger partial charge >= 0.3 is 0 Å². The van der Waals surface area contributed by atoms with E-state index in [1.807, 2.05) is 25.1 Å². The van der Waals surface area contributed by atoms with Crippen molar-refractivity contribution in [2.75, 3.05) is 5.73 Å². The summed E-state index contributed by atoms with van der Waals surface area (Å²) in [7, 11) is 0. The smallest absolute Gasteiger partial charge is 0.254 e. The van der Waals surface area contributed by atoms with Crippen molar-refractivity contribution in [3.63, 3.8) is 0 Å². The lowest BCUT2D eigenvalue weighted by molar-refractivity contribution is -0.117. The van der Waals surface area contributed by atoms with Gasteiger partial charge in [0.2, 0.25) is 0 Å². The van der Waals surface area contributed by atoms with E-state index in [4.69, 9.17) is 23.1 Å². The Morgan fingerprint density at radius 3 is 2.59 bits per heavy atom. The van der Waals surface area contributed by atoms with Gasteiger partial charge in [-0.15, -0.1) is 4.80 Å². The molecule has 0 fully saturated rings. The second-order valence-electron chi connectivity index (χ2n) is 5.58. The summed E-state index contributed by atoms with van der Waals surface area (Å²) in [5.41, 5.74) is 13.7. The average molecular weight is 388 g/mol. The topological polar surface area (TPSA) is 124 Å². The van der Waals surface area contributed by atoms with Gasteiger partial charge in [0.15, 0.2) is 5.82 Å². The number of carbonyl (C=O) groups is 1. The molecule has 2 aromatic rings. The summed E-state index contributed by atoms with van der Waals surface area (Å²) in [6, 6.07) is 7.31. The molecule has 1 heterocycles. The van der Waals surface area contributed by atoms with Crippen LogP contribution < -0.4 is 16.8 Å². The van der Waals surface area contributed by atoms with Crippen LogP contribution in [0, 0.1) is 0 Å². The molecule has 0 unspecified atom stereocenters. The molecule has 0 aliphatic heterocycles. The van der Waals surface area contributed by atoms with Crippen LogP contribution in [0.25, 0.3) is 5.82 Å². The maximum absolute atomic E-state index is 12.6. The number of para-hydroxylation sites is 1. The highest BCUT2D eigenvalue weighted by Crippen LogP contribution is 2.15. The van der Waals surface area contributed by atoms with Gasteiger partial charge in [-0.25, -0.2) is 4.99 Å². The van der Waals surface area contributed by atoms with E-state index in [1.54, 1.807) is 19.1 Å². The number of carbonyl (C=O) groups excluding carboxylic acids is 1. The first-order valence-corrected chi connectivity index (χ1v) is 8.71. The Balaban J connectivity index is 2.23. The fourth-order valence-electron chi connectivity index (χ4n) is 2.24. The number of aromatic nitrogens is 3. The van der Waals surface area contributed by atoms with E-state index < -0.39 is 0 Å². The Hall–Kier alpha value is -3.13. The average Bonchev–Trinajstić information content (AvgIpc) is 3.17. The SMILES string of the molecule is CC/C=C(C(=O)NCc1ccccc1N)/C(N)=N\C(=C(/C)Cl)n1nccn1. The summed E-state index contributed by atoms with van der Waals surface area (Å²) >= 11 is 6.08. The highest BCUT2D eigenvalue weighted by atomic mass is 35.5. The molecular formula is C18H22ClN7O. The Morgan fingerprint density at radius 1 is 1.33 bits per heavy atom. The van der Waals surface area contributed by atoms with Crippen LogP contribution in [0.3, 0.4) is 0 Å². The first-order valence-electron chi connectivity index (χ1n) is 8.33. The molecule has 0 radical (unpaired) electrons. The summed E-state index contributed by atoms with van der Waals surface area (Å²) in [5, 5.41) is 11.1. The van der Waals surface area contributed by atoms with Crippen LogP contribution in [0.5, 0.6) is 0 Å². The lowest BCUT2D eigenvalue weighted by atomic mass is 10.1. The van der Waals surface area contributed by atoms with E-state index in [9.17, 15) is 4.79 Å². The standard InChI is InChI=1S/C18H22ClN7O/c1-3-6-14(18(27)22-11-13-7-4-5-8-15(13)20)16(21)25-17(12(2)19)26-23-9-10-24-26/h4-10H,3,11,20H2,1-2H3,(H2,21,25)(H,22,27)/b14-6-,17-12-. The summed E-state index contributed by atoms with van der Waals surface area (Å²) in [4.78, 5) is 18.1. The normalized spacial score (nSPS) is 13.3. The zero-order chi connectivity index (χ0) is 19.8. The van der Waals surface area contributed by atoms with Gasteiger partial charge in [0.25, 0.3) is 5.91 Å². The van der Waals surface area contributed by atoms with Crippen LogP contribution in [0.1, 0.15) is 25.8 Å². The Kier molecular flexibility index (Phi) is 7.13. The zero-order valence-electron chi connectivity index (χ0n) is 15.2. The Morgan fingerprint density at radius 2 is 2.00 bits per heavy atom. The van der Waals surface area contributed by atoms with Gasteiger partial charge in [-0.3, -0.25) is 4.79 Å². The van der Waals surface area contributed by atoms with Crippen molar-refractivity contribution in [3.05, 3.63) is 58.9 Å². The molecule has 0 spiro atoms. The molecule has 1 aromatic heterocycles. The molecule has 8 nitrogen and oxygen atoms in total. The van der Waals surface area contributed by atoms with Crippen molar-refractivity contribution < 1.29 is 4.79 Å². The number of hydrogen-bond acceptors (Lipinski definition) is 5. The molecular weight excluding hydrogens is 366 g/mol. The molecule has 0 atom stereocenters. The molecule has 0 aliphatic carbocycles. The summed E-state index contributed by atoms with van der Waals surface area (Å²) < 4.78 is 0. The van der Waals surface area contributed by atoms with Crippen molar-refractivity contribution in [1.29, 1.82) is 0 Å². The van der Waals surface area contributed by atoms with Crippen molar-refractivity contribution in [3.8, 4) is 0 Å². The summed E-state index contributed by atoms with van der Waals surface area (Å²) in [5.74, 6) is -0.106. The molecule has 27 heavy (non-hydrogen) atoms. The van der Waals surface area contributed by atoms with Gasteiger partial charge in [0.1, 0.15) is 5.84 Å². The number of anilines is 1. The van der Waals surface area contributed by atoms with Crippen molar-refractivity contribution in [1.82, 2.24) is 20.3 Å². The number of aliphatic imine (C=N–C) groups is 1. The van der Waals surface area contributed by atoms with Crippen LogP contribution in [-0.2, 0) is 11.3 Å². The monoisotopic (exact) mass is 387 g/mol. The number of hydrogen-bond donors (Lipinski definition) is 3. The lowest BCUT2D eigenvalue weighted by Crippen LogP contribution is -2.32. The third-order valence-electron chi connectivity index (χ3n) is 3.57. The summed E-state index contributed by atoms with van der Waals surface area (Å²) in [6.07, 6.45) is 5.28. The quantitative estimate of drug-likeness (QED) is 0.291. The predicted octanol–water partition coefficient (Wildman–Crippen LogP) is 2.26. The van der Waals surface area contributed by atoms with Crippen LogP contribution in [0.2, 0.25) is 0 Å². The third kappa shape index (κ3) is 5.42. The number of amides is 1. The van der Waals surface area contributed by atoms with Gasteiger partial charge < -0.3 is 16.8 Å². The van der Waals surface area contributed by atoms with Gasteiger partial charge in [-0.05, 0) is 25.0 Å². The van der Waals surface area contributed by atoms with Crippen molar-refractivity contribution in [2.24, 2.45) is 10.7 Å². The second kappa shape index (κ2) is 9.54. The second-order valence-corrected chi connectivity index (χ2v) is 6.15. The molecule has 0 aliphatic rings. The minimum atomic E-state index is -0.360. The third-order valence-corrected chi connectivity index (χ3v) is 3.74. The molecule has 2 rings (SSSR count). The van der Waals surface area contributed by atoms with Gasteiger partial charge in [0, 0.05) is 12.2 Å². The van der Waals surface area contributed by atoms with E-state index in [-0.39, 0.29) is 29.7 Å². The van der Waals surface area contributed by atoms with E-state index >= 15 is 0 Å². The minimum absolute atomic E-state index is 0.0164. The van der Waals surface area contributed by atoms with Gasteiger partial charge in [0.05, 0.1) is 23.0 Å². The largest absolute Gasteiger partial charge is 0.398 e. The van der Waals surface area contributed by atoms with Crippen molar-refractivity contribution >= 4 is 34.9 Å². The van der Waals surface area contributed by atoms with Crippen LogP contribution in [0.4, 0.5) is 5.69 Å². The number of nitrogens with one attached hydrogen (secondary N) is 1. The zero-order valence-corrected chi connectivity index (χ0v) is 15.9. The van der Waals surface area contributed by atoms with Crippen LogP contribution >= 0.6 is 11.6 Å². The van der Waals surface area contributed by atoms with E-state index in [0.717, 1.165) is 5.56 Å². The maximum Gasteiger partial charge on any atom is 0.254 e. The first-order chi connectivity index (χ1) is 12.9. The molecule has 0 saturated heterocycles. The number of benzene rings is 1. The van der Waals surface area contributed by atoms with E-state index in [2.05, 4.69) is 20.5 Å². The predicted molar refractivity (Wildman–Crippen MR) is 107 cm³/mol. The molecule has 1 aromatic carbocycles. The number of nitrogens with zero attached hydrogens (tertiary/aromatic N) is 4. The van der Waals surface area contributed by atoms with E-state index in [0.29, 0.717) is 17.1 Å². The van der Waals surface area contributed by atoms with Gasteiger partial charge in [-0.1, -0.05) is 42.8 Å². The number of rotatable bonds is 7. The number of nitrogens with two attached hydrogens (primary N) is 2. The lowest BCUT2D eigenvalue weighted by Gasteiger charge is -2.11. The maximum atomic E-state index is 12.6. The molecule has 5 N–H and O–H groups in total. The molecule has 0 saturated carbocycles.